The average molecular weight is 430 g/mol. The molecule has 3 aromatic rings. The molecule has 1 aliphatic rings. The van der Waals surface area contributed by atoms with Crippen molar-refractivity contribution in [2.24, 2.45) is 0 Å². The number of carbonyl (C=O) groups is 2. The van der Waals surface area contributed by atoms with Crippen molar-refractivity contribution in [1.82, 2.24) is 9.97 Å². The lowest BCUT2D eigenvalue weighted by Crippen LogP contribution is -2.18. The van der Waals surface area contributed by atoms with Crippen molar-refractivity contribution in [3.63, 3.8) is 0 Å². The van der Waals surface area contributed by atoms with Gasteiger partial charge in [0.1, 0.15) is 5.00 Å². The van der Waals surface area contributed by atoms with E-state index in [1.165, 1.54) is 28.0 Å². The number of amides is 1. The Labute approximate surface area is 177 Å². The minimum absolute atomic E-state index is 0.160. The van der Waals surface area contributed by atoms with E-state index in [1.807, 2.05) is 38.1 Å². The largest absolute Gasteiger partial charge is 0.459 e. The van der Waals surface area contributed by atoms with Crippen LogP contribution in [0.5, 0.6) is 0 Å². The number of hydrogen-bond acceptors (Lipinski definition) is 6. The van der Waals surface area contributed by atoms with E-state index in [2.05, 4.69) is 15.3 Å². The third-order valence-electron chi connectivity index (χ3n) is 4.68. The van der Waals surface area contributed by atoms with E-state index < -0.39 is 0 Å². The maximum atomic E-state index is 12.7. The summed E-state index contributed by atoms with van der Waals surface area (Å²) in [5.74, 6) is -0.298. The van der Waals surface area contributed by atoms with Crippen molar-refractivity contribution in [3.8, 4) is 0 Å². The first-order chi connectivity index (χ1) is 14.0. The molecule has 1 aromatic carbocycles. The van der Waals surface area contributed by atoms with Crippen LogP contribution in [-0.2, 0) is 22.4 Å². The number of aromatic amines is 1. The number of H-pyrrole nitrogens is 1. The summed E-state index contributed by atoms with van der Waals surface area (Å²) < 4.78 is 5.44. The number of aryl methyl sites for hydroxylation is 1. The molecule has 4 rings (SSSR count). The van der Waals surface area contributed by atoms with E-state index in [-0.39, 0.29) is 23.7 Å². The normalized spacial score (nSPS) is 13.5. The maximum absolute atomic E-state index is 12.7. The van der Waals surface area contributed by atoms with Crippen molar-refractivity contribution in [3.05, 3.63) is 40.3 Å². The van der Waals surface area contributed by atoms with Gasteiger partial charge in [-0.3, -0.25) is 4.79 Å². The molecule has 1 aliphatic carbocycles. The Hall–Kier alpha value is -2.32. The fourth-order valence-electron chi connectivity index (χ4n) is 3.44. The van der Waals surface area contributed by atoms with Crippen LogP contribution in [0.3, 0.4) is 0 Å². The van der Waals surface area contributed by atoms with Crippen molar-refractivity contribution in [1.29, 1.82) is 0 Å². The SMILES string of the molecule is CC(C)OC(=O)c1c(NC(=O)CSc2nc3ccccc3[nH]2)sc2c1CCCC2. The number of nitrogens with one attached hydrogen (secondary N) is 2. The highest BCUT2D eigenvalue weighted by atomic mass is 32.2. The van der Waals surface area contributed by atoms with Gasteiger partial charge < -0.3 is 15.0 Å². The number of benzene rings is 1. The highest BCUT2D eigenvalue weighted by Crippen LogP contribution is 2.39. The second-order valence-electron chi connectivity index (χ2n) is 7.27. The Morgan fingerprint density at radius 2 is 2.07 bits per heavy atom. The van der Waals surface area contributed by atoms with E-state index in [0.717, 1.165) is 42.3 Å². The van der Waals surface area contributed by atoms with Crippen LogP contribution < -0.4 is 5.32 Å². The van der Waals surface area contributed by atoms with Crippen molar-refractivity contribution in [2.75, 3.05) is 11.1 Å². The van der Waals surface area contributed by atoms with Crippen LogP contribution in [0, 0.1) is 0 Å². The molecular formula is C21H23N3O3S2. The smallest absolute Gasteiger partial charge is 0.341 e. The highest BCUT2D eigenvalue weighted by Gasteiger charge is 2.27. The van der Waals surface area contributed by atoms with Gasteiger partial charge >= 0.3 is 5.97 Å². The second kappa shape index (κ2) is 8.59. The number of nitrogens with zero attached hydrogens (tertiary/aromatic N) is 1. The number of imidazole rings is 1. The van der Waals surface area contributed by atoms with Crippen LogP contribution in [0.1, 0.15) is 47.5 Å². The van der Waals surface area contributed by atoms with Gasteiger partial charge in [-0.25, -0.2) is 9.78 Å². The molecule has 152 valence electrons. The number of rotatable bonds is 6. The number of anilines is 1. The summed E-state index contributed by atoms with van der Waals surface area (Å²) in [5.41, 5.74) is 3.41. The van der Waals surface area contributed by atoms with Gasteiger partial charge in [-0.1, -0.05) is 23.9 Å². The fourth-order valence-corrected chi connectivity index (χ4v) is 5.42. The van der Waals surface area contributed by atoms with Gasteiger partial charge in [-0.2, -0.15) is 0 Å². The van der Waals surface area contributed by atoms with E-state index in [9.17, 15) is 9.59 Å². The number of para-hydroxylation sites is 2. The number of ether oxygens (including phenoxy) is 1. The molecule has 0 saturated heterocycles. The third-order valence-corrected chi connectivity index (χ3v) is 6.76. The van der Waals surface area contributed by atoms with E-state index >= 15 is 0 Å². The van der Waals surface area contributed by atoms with Crippen LogP contribution in [-0.4, -0.2) is 33.7 Å². The van der Waals surface area contributed by atoms with Crippen molar-refractivity contribution >= 4 is 51.0 Å². The molecule has 0 radical (unpaired) electrons. The Morgan fingerprint density at radius 1 is 1.28 bits per heavy atom. The van der Waals surface area contributed by atoms with Gasteiger partial charge in [0.05, 0.1) is 28.5 Å². The Morgan fingerprint density at radius 3 is 2.86 bits per heavy atom. The van der Waals surface area contributed by atoms with Gasteiger partial charge in [-0.15, -0.1) is 11.3 Å². The zero-order valence-electron chi connectivity index (χ0n) is 16.4. The summed E-state index contributed by atoms with van der Waals surface area (Å²) in [4.78, 5) is 34.1. The number of aromatic nitrogens is 2. The van der Waals surface area contributed by atoms with Gasteiger partial charge in [0.2, 0.25) is 5.91 Å². The number of fused-ring (bicyclic) bond motifs is 2. The topological polar surface area (TPSA) is 84.1 Å². The quantitative estimate of drug-likeness (QED) is 0.434. The van der Waals surface area contributed by atoms with Crippen LogP contribution in [0.25, 0.3) is 11.0 Å². The molecule has 0 fully saturated rings. The zero-order valence-corrected chi connectivity index (χ0v) is 18.0. The molecule has 0 bridgehead atoms. The summed E-state index contributed by atoms with van der Waals surface area (Å²) in [6.45, 7) is 3.66. The summed E-state index contributed by atoms with van der Waals surface area (Å²) in [7, 11) is 0. The van der Waals surface area contributed by atoms with E-state index in [4.69, 9.17) is 4.74 Å². The molecule has 0 atom stereocenters. The first-order valence-electron chi connectivity index (χ1n) is 9.74. The number of hydrogen-bond donors (Lipinski definition) is 2. The van der Waals surface area contributed by atoms with Crippen LogP contribution in [0.2, 0.25) is 0 Å². The Bertz CT molecular complexity index is 1020. The molecule has 0 saturated carbocycles. The van der Waals surface area contributed by atoms with Crippen molar-refractivity contribution in [2.45, 2.75) is 50.8 Å². The van der Waals surface area contributed by atoms with Crippen molar-refractivity contribution < 1.29 is 14.3 Å². The lowest BCUT2D eigenvalue weighted by molar-refractivity contribution is -0.113. The summed E-state index contributed by atoms with van der Waals surface area (Å²) in [5, 5.41) is 4.25. The van der Waals surface area contributed by atoms with Crippen LogP contribution in [0.15, 0.2) is 29.4 Å². The minimum atomic E-state index is -0.348. The van der Waals surface area contributed by atoms with Gasteiger partial charge in [0, 0.05) is 4.88 Å². The summed E-state index contributed by atoms with van der Waals surface area (Å²) in [6.07, 6.45) is 3.78. The van der Waals surface area contributed by atoms with E-state index in [1.54, 1.807) is 0 Å². The molecule has 0 unspecified atom stereocenters. The number of thiophene rings is 1. The number of thioether (sulfide) groups is 1. The van der Waals surface area contributed by atoms with Gasteiger partial charge in [0.15, 0.2) is 5.16 Å². The van der Waals surface area contributed by atoms with Gasteiger partial charge in [0.25, 0.3) is 0 Å². The molecule has 2 N–H and O–H groups in total. The Kier molecular flexibility index (Phi) is 5.91. The van der Waals surface area contributed by atoms with Crippen LogP contribution >= 0.6 is 23.1 Å². The predicted octanol–water partition coefficient (Wildman–Crippen LogP) is 4.80. The zero-order chi connectivity index (χ0) is 20.4. The monoisotopic (exact) mass is 429 g/mol. The molecule has 8 heteroatoms. The second-order valence-corrected chi connectivity index (χ2v) is 9.33. The fraction of sp³-hybridized carbons (Fsp3) is 0.381. The molecule has 0 aliphatic heterocycles. The van der Waals surface area contributed by atoms with Crippen LogP contribution in [0.4, 0.5) is 5.00 Å². The molecule has 6 nitrogen and oxygen atoms in total. The average Bonchev–Trinajstić information content (AvgIpc) is 3.26. The third kappa shape index (κ3) is 4.48. The first-order valence-corrected chi connectivity index (χ1v) is 11.5. The number of esters is 1. The molecule has 0 spiro atoms. The first kappa shape index (κ1) is 20.0. The molecule has 2 aromatic heterocycles. The minimum Gasteiger partial charge on any atom is -0.459 e. The maximum Gasteiger partial charge on any atom is 0.341 e. The standard InChI is InChI=1S/C21H23N3O3S2/c1-12(2)27-20(26)18-13-7-3-6-10-16(13)29-19(18)24-17(25)11-28-21-22-14-8-4-5-9-15(14)23-21/h4-5,8-9,12H,3,6-7,10-11H2,1-2H3,(H,22,23)(H,24,25). The lowest BCUT2D eigenvalue weighted by Gasteiger charge is -2.14. The number of carbonyl (C=O) groups excluding carboxylic acids is 2. The molecule has 1 amide bonds. The van der Waals surface area contributed by atoms with Gasteiger partial charge in [-0.05, 0) is 57.2 Å². The predicted molar refractivity (Wildman–Crippen MR) is 117 cm³/mol. The Balaban J connectivity index is 1.48. The summed E-state index contributed by atoms with van der Waals surface area (Å²) in [6, 6.07) is 7.76. The molecule has 29 heavy (non-hydrogen) atoms. The molecular weight excluding hydrogens is 406 g/mol. The lowest BCUT2D eigenvalue weighted by atomic mass is 9.95. The summed E-state index contributed by atoms with van der Waals surface area (Å²) >= 11 is 2.85. The van der Waals surface area contributed by atoms with E-state index in [0.29, 0.717) is 15.7 Å². The highest BCUT2D eigenvalue weighted by molar-refractivity contribution is 7.99. The molecule has 2 heterocycles.